The maximum atomic E-state index is 11.2. The summed E-state index contributed by atoms with van der Waals surface area (Å²) >= 11 is 0. The first-order valence-corrected chi connectivity index (χ1v) is 5.49. The Kier molecular flexibility index (Phi) is 3.05. The molecule has 2 nitrogen and oxygen atoms in total. The van der Waals surface area contributed by atoms with Gasteiger partial charge in [0, 0.05) is 24.7 Å². The first kappa shape index (κ1) is 10.2. The number of hydrogen-bond acceptors (Lipinski definition) is 2. The van der Waals surface area contributed by atoms with E-state index in [4.69, 9.17) is 0 Å². The lowest BCUT2D eigenvalue weighted by Gasteiger charge is -2.32. The van der Waals surface area contributed by atoms with Gasteiger partial charge in [0.1, 0.15) is 5.78 Å². The fraction of sp³-hybridized carbons (Fsp3) is 0.462. The van der Waals surface area contributed by atoms with Crippen molar-refractivity contribution in [3.05, 3.63) is 30.3 Å². The molecule has 1 heterocycles. The molecule has 0 amide bonds. The maximum absolute atomic E-state index is 11.2. The van der Waals surface area contributed by atoms with Gasteiger partial charge >= 0.3 is 0 Å². The molecule has 1 aliphatic rings. The third-order valence-electron chi connectivity index (χ3n) is 3.14. The molecule has 0 saturated carbocycles. The normalized spacial score (nSPS) is 17.8. The zero-order chi connectivity index (χ0) is 10.7. The second kappa shape index (κ2) is 4.47. The van der Waals surface area contributed by atoms with Gasteiger partial charge in [-0.05, 0) is 38.0 Å². The quantitative estimate of drug-likeness (QED) is 0.733. The fourth-order valence-corrected chi connectivity index (χ4v) is 2.13. The number of benzene rings is 1. The first-order chi connectivity index (χ1) is 7.27. The number of rotatable bonds is 2. The summed E-state index contributed by atoms with van der Waals surface area (Å²) in [6, 6.07) is 11.0. The zero-order valence-electron chi connectivity index (χ0n) is 9.07. The Balaban J connectivity index is 1.97. The highest BCUT2D eigenvalue weighted by Gasteiger charge is 2.21. The summed E-state index contributed by atoms with van der Waals surface area (Å²) in [6.07, 6.45) is 1.99. The number of anilines is 1. The molecule has 0 unspecified atom stereocenters. The molecule has 0 aliphatic carbocycles. The van der Waals surface area contributed by atoms with E-state index in [1.165, 1.54) is 5.69 Å². The molecule has 1 saturated heterocycles. The van der Waals surface area contributed by atoms with Crippen LogP contribution in [0.25, 0.3) is 0 Å². The number of carbonyl (C=O) groups is 1. The molecule has 1 fully saturated rings. The van der Waals surface area contributed by atoms with Crippen molar-refractivity contribution in [2.24, 2.45) is 5.92 Å². The Morgan fingerprint density at radius 3 is 2.47 bits per heavy atom. The van der Waals surface area contributed by atoms with E-state index in [9.17, 15) is 4.79 Å². The predicted molar refractivity (Wildman–Crippen MR) is 60.9 cm³/mol. The second-order valence-corrected chi connectivity index (χ2v) is 4.13. The van der Waals surface area contributed by atoms with Gasteiger partial charge in [0.2, 0.25) is 0 Å². The highest BCUT2D eigenvalue weighted by molar-refractivity contribution is 5.78. The minimum atomic E-state index is 0.288. The summed E-state index contributed by atoms with van der Waals surface area (Å²) in [5.74, 6) is 0.632. The fourth-order valence-electron chi connectivity index (χ4n) is 2.13. The van der Waals surface area contributed by atoms with Crippen molar-refractivity contribution in [3.63, 3.8) is 0 Å². The Hall–Kier alpha value is -1.31. The van der Waals surface area contributed by atoms with Crippen LogP contribution in [0.4, 0.5) is 5.69 Å². The van der Waals surface area contributed by atoms with E-state index in [0.29, 0.717) is 5.78 Å². The van der Waals surface area contributed by atoms with E-state index >= 15 is 0 Å². The Bertz CT molecular complexity index is 326. The zero-order valence-corrected chi connectivity index (χ0v) is 9.07. The van der Waals surface area contributed by atoms with Gasteiger partial charge in [0.25, 0.3) is 0 Å². The van der Waals surface area contributed by atoms with Crippen molar-refractivity contribution >= 4 is 11.5 Å². The van der Waals surface area contributed by atoms with E-state index < -0.39 is 0 Å². The number of carbonyl (C=O) groups excluding carboxylic acids is 1. The molecule has 1 radical (unpaired) electrons. The van der Waals surface area contributed by atoms with Crippen LogP contribution in [0.2, 0.25) is 0 Å². The molecule has 79 valence electrons. The van der Waals surface area contributed by atoms with Gasteiger partial charge in [-0.2, -0.15) is 0 Å². The lowest BCUT2D eigenvalue weighted by atomic mass is 9.93. The molecule has 1 aromatic carbocycles. The Morgan fingerprint density at radius 2 is 1.93 bits per heavy atom. The molecule has 0 spiro atoms. The molecule has 0 N–H and O–H groups in total. The van der Waals surface area contributed by atoms with E-state index in [-0.39, 0.29) is 5.92 Å². The van der Waals surface area contributed by atoms with E-state index in [1.807, 2.05) is 12.1 Å². The first-order valence-electron chi connectivity index (χ1n) is 5.49. The molecule has 2 rings (SSSR count). The van der Waals surface area contributed by atoms with E-state index in [1.54, 1.807) is 6.92 Å². The molecule has 1 aliphatic heterocycles. The molecular weight excluding hydrogens is 186 g/mol. The largest absolute Gasteiger partial charge is 0.371 e. The highest BCUT2D eigenvalue weighted by atomic mass is 16.1. The summed E-state index contributed by atoms with van der Waals surface area (Å²) < 4.78 is 0. The van der Waals surface area contributed by atoms with Crippen LogP contribution in [0.3, 0.4) is 0 Å². The topological polar surface area (TPSA) is 20.3 Å². The molecule has 15 heavy (non-hydrogen) atoms. The number of nitrogens with zero attached hydrogens (tertiary/aromatic N) is 1. The summed E-state index contributed by atoms with van der Waals surface area (Å²) in [4.78, 5) is 13.6. The van der Waals surface area contributed by atoms with Gasteiger partial charge < -0.3 is 4.90 Å². The van der Waals surface area contributed by atoms with Crippen molar-refractivity contribution in [3.8, 4) is 0 Å². The monoisotopic (exact) mass is 202 g/mol. The van der Waals surface area contributed by atoms with Crippen LogP contribution in [-0.2, 0) is 4.79 Å². The third kappa shape index (κ3) is 2.38. The van der Waals surface area contributed by atoms with Gasteiger partial charge in [-0.1, -0.05) is 12.1 Å². The van der Waals surface area contributed by atoms with Gasteiger partial charge in [0.15, 0.2) is 0 Å². The number of hydrogen-bond donors (Lipinski definition) is 0. The average Bonchev–Trinajstić information content (AvgIpc) is 2.30. The molecule has 1 aromatic rings. The Morgan fingerprint density at radius 1 is 1.33 bits per heavy atom. The summed E-state index contributed by atoms with van der Waals surface area (Å²) in [6.45, 7) is 3.69. The second-order valence-electron chi connectivity index (χ2n) is 4.13. The number of Topliss-reactive ketones (excluding diaryl/α,β-unsaturated/α-hetero) is 1. The van der Waals surface area contributed by atoms with Crippen LogP contribution < -0.4 is 4.90 Å². The third-order valence-corrected chi connectivity index (χ3v) is 3.14. The molecule has 0 bridgehead atoms. The SMILES string of the molecule is CC(=O)C1CCN(c2cc[c]cc2)CC1. The lowest BCUT2D eigenvalue weighted by molar-refractivity contribution is -0.121. The smallest absolute Gasteiger partial charge is 0.133 e. The van der Waals surface area contributed by atoms with Crippen LogP contribution >= 0.6 is 0 Å². The van der Waals surface area contributed by atoms with Crippen LogP contribution in [0.1, 0.15) is 19.8 Å². The van der Waals surface area contributed by atoms with E-state index in [0.717, 1.165) is 25.9 Å². The van der Waals surface area contributed by atoms with Crippen molar-refractivity contribution in [2.45, 2.75) is 19.8 Å². The van der Waals surface area contributed by atoms with Crippen LogP contribution in [0.5, 0.6) is 0 Å². The lowest BCUT2D eigenvalue weighted by Crippen LogP contribution is -2.35. The van der Waals surface area contributed by atoms with Gasteiger partial charge in [0.05, 0.1) is 0 Å². The van der Waals surface area contributed by atoms with Crippen molar-refractivity contribution < 1.29 is 4.79 Å². The highest BCUT2D eigenvalue weighted by Crippen LogP contribution is 2.23. The van der Waals surface area contributed by atoms with Gasteiger partial charge in [-0.3, -0.25) is 4.79 Å². The van der Waals surface area contributed by atoms with Crippen molar-refractivity contribution in [1.82, 2.24) is 0 Å². The molecule has 0 aromatic heterocycles. The summed E-state index contributed by atoms with van der Waals surface area (Å²) in [7, 11) is 0. The number of ketones is 1. The van der Waals surface area contributed by atoms with Crippen LogP contribution in [-0.4, -0.2) is 18.9 Å². The van der Waals surface area contributed by atoms with E-state index in [2.05, 4.69) is 23.1 Å². The predicted octanol–water partition coefficient (Wildman–Crippen LogP) is 2.29. The maximum Gasteiger partial charge on any atom is 0.133 e. The summed E-state index contributed by atoms with van der Waals surface area (Å²) in [5, 5.41) is 0. The molecular formula is C13H16NO. The van der Waals surface area contributed by atoms with Gasteiger partial charge in [-0.25, -0.2) is 0 Å². The number of piperidine rings is 1. The summed E-state index contributed by atoms with van der Waals surface area (Å²) in [5.41, 5.74) is 1.25. The average molecular weight is 202 g/mol. The minimum absolute atomic E-state index is 0.288. The molecule has 0 atom stereocenters. The standard InChI is InChI=1S/C13H16NO/c1-11(15)12-7-9-14(10-8-12)13-5-3-2-4-6-13/h3-6,12H,7-10H2,1H3. The van der Waals surface area contributed by atoms with Crippen LogP contribution in [0.15, 0.2) is 24.3 Å². The van der Waals surface area contributed by atoms with Crippen molar-refractivity contribution in [1.29, 1.82) is 0 Å². The van der Waals surface area contributed by atoms with Gasteiger partial charge in [-0.15, -0.1) is 0 Å². The molecule has 2 heteroatoms. The van der Waals surface area contributed by atoms with Crippen LogP contribution in [0, 0.1) is 12.0 Å². The minimum Gasteiger partial charge on any atom is -0.371 e. The van der Waals surface area contributed by atoms with Crippen molar-refractivity contribution in [2.75, 3.05) is 18.0 Å². The Labute approximate surface area is 90.9 Å².